The summed E-state index contributed by atoms with van der Waals surface area (Å²) in [5.74, 6) is -0.363. The van der Waals surface area contributed by atoms with Gasteiger partial charge in [-0.25, -0.2) is 4.39 Å². The zero-order valence-electron chi connectivity index (χ0n) is 15.8. The van der Waals surface area contributed by atoms with Crippen LogP contribution in [-0.2, 0) is 11.3 Å². The van der Waals surface area contributed by atoms with E-state index in [1.807, 2.05) is 6.92 Å². The number of halogens is 1. The Morgan fingerprint density at radius 1 is 1.24 bits per heavy atom. The number of nitrogens with one attached hydrogen (secondary N) is 1. The molecule has 2 aromatic carbocycles. The number of anilines is 1. The van der Waals surface area contributed by atoms with Gasteiger partial charge in [-0.1, -0.05) is 12.1 Å². The fourth-order valence-corrected chi connectivity index (χ4v) is 3.61. The van der Waals surface area contributed by atoms with E-state index in [-0.39, 0.29) is 17.4 Å². The zero-order chi connectivity index (χ0) is 20.5. The summed E-state index contributed by atoms with van der Waals surface area (Å²) in [6.07, 6.45) is 0.609. The number of likely N-dealkylation sites (tertiary alicyclic amines) is 1. The average Bonchev–Trinajstić information content (AvgIpc) is 3.02. The van der Waals surface area contributed by atoms with Gasteiger partial charge in [0.1, 0.15) is 11.9 Å². The summed E-state index contributed by atoms with van der Waals surface area (Å²) in [4.78, 5) is 29.7. The first kappa shape index (κ1) is 18.8. The molecular formula is C21H19FN4O3. The lowest BCUT2D eigenvalue weighted by Crippen LogP contribution is -2.33. The van der Waals surface area contributed by atoms with Crippen LogP contribution in [0.5, 0.6) is 0 Å². The molecule has 1 atom stereocenters. The molecule has 0 aliphatic carbocycles. The topological polar surface area (TPSA) is 88.4 Å². The number of nitro groups is 1. The number of pyridine rings is 1. The van der Waals surface area contributed by atoms with E-state index in [4.69, 9.17) is 0 Å². The highest BCUT2D eigenvalue weighted by Crippen LogP contribution is 2.29. The van der Waals surface area contributed by atoms with Crippen LogP contribution in [0, 0.1) is 22.9 Å². The first-order valence-electron chi connectivity index (χ1n) is 9.26. The van der Waals surface area contributed by atoms with Gasteiger partial charge in [-0.15, -0.1) is 0 Å². The molecule has 1 saturated heterocycles. The number of hydrogen-bond acceptors (Lipinski definition) is 5. The molecule has 8 heteroatoms. The number of benzene rings is 2. The molecule has 0 bridgehead atoms. The number of rotatable bonds is 5. The Morgan fingerprint density at radius 2 is 2.00 bits per heavy atom. The summed E-state index contributed by atoms with van der Waals surface area (Å²) in [7, 11) is 0. The van der Waals surface area contributed by atoms with Crippen LogP contribution in [-0.4, -0.2) is 33.3 Å². The van der Waals surface area contributed by atoms with Crippen molar-refractivity contribution in [3.8, 4) is 0 Å². The lowest BCUT2D eigenvalue weighted by Gasteiger charge is -2.18. The smallest absolute Gasteiger partial charge is 0.270 e. The number of fused-ring (bicyclic) bond motifs is 1. The summed E-state index contributed by atoms with van der Waals surface area (Å²) in [6, 6.07) is 12.0. The molecule has 4 rings (SSSR count). The molecule has 1 amide bonds. The Hall–Kier alpha value is -3.55. The van der Waals surface area contributed by atoms with Crippen molar-refractivity contribution in [3.63, 3.8) is 0 Å². The Bertz CT molecular complexity index is 1100. The van der Waals surface area contributed by atoms with Crippen LogP contribution in [0.15, 0.2) is 48.5 Å². The van der Waals surface area contributed by atoms with Gasteiger partial charge in [0.15, 0.2) is 0 Å². The molecule has 3 aromatic rings. The van der Waals surface area contributed by atoms with Gasteiger partial charge < -0.3 is 10.2 Å². The minimum absolute atomic E-state index is 0.0260. The van der Waals surface area contributed by atoms with Crippen molar-refractivity contribution in [2.45, 2.75) is 25.9 Å². The van der Waals surface area contributed by atoms with Gasteiger partial charge in [0.2, 0.25) is 5.91 Å². The molecule has 2 heterocycles. The molecule has 0 radical (unpaired) electrons. The highest BCUT2D eigenvalue weighted by atomic mass is 19.1. The van der Waals surface area contributed by atoms with E-state index in [0.717, 1.165) is 11.3 Å². The van der Waals surface area contributed by atoms with Crippen molar-refractivity contribution in [3.05, 3.63) is 75.7 Å². The highest BCUT2D eigenvalue weighted by molar-refractivity contribution is 5.96. The van der Waals surface area contributed by atoms with Crippen LogP contribution in [0.1, 0.15) is 17.7 Å². The Balaban J connectivity index is 1.56. The van der Waals surface area contributed by atoms with Gasteiger partial charge in [0, 0.05) is 42.0 Å². The molecule has 7 nitrogen and oxygen atoms in total. The second-order valence-electron chi connectivity index (χ2n) is 7.14. The molecule has 1 unspecified atom stereocenters. The van der Waals surface area contributed by atoms with Crippen molar-refractivity contribution < 1.29 is 14.1 Å². The molecular weight excluding hydrogens is 375 g/mol. The monoisotopic (exact) mass is 394 g/mol. The minimum atomic E-state index is -0.450. The van der Waals surface area contributed by atoms with Crippen LogP contribution in [0.25, 0.3) is 10.9 Å². The first-order chi connectivity index (χ1) is 13.9. The van der Waals surface area contributed by atoms with Crippen molar-refractivity contribution in [2.75, 3.05) is 11.9 Å². The van der Waals surface area contributed by atoms with Gasteiger partial charge in [-0.05, 0) is 43.2 Å². The summed E-state index contributed by atoms with van der Waals surface area (Å²) < 4.78 is 13.1. The van der Waals surface area contributed by atoms with E-state index in [9.17, 15) is 19.3 Å². The first-order valence-corrected chi connectivity index (χ1v) is 9.26. The zero-order valence-corrected chi connectivity index (χ0v) is 15.8. The number of aromatic nitrogens is 1. The number of non-ortho nitro benzene ring substituents is 1. The predicted molar refractivity (Wildman–Crippen MR) is 107 cm³/mol. The standard InChI is InChI=1S/C21H19FN4O3/c1-13-10-20(17-11-16(26(28)29)6-7-18(17)23-13)24-19-8-9-25(21(19)27)12-14-2-4-15(22)5-3-14/h2-7,10-11,19H,8-9,12H2,1H3,(H,23,24). The number of nitro benzene ring substituents is 1. The third-order valence-electron chi connectivity index (χ3n) is 5.05. The lowest BCUT2D eigenvalue weighted by atomic mass is 10.1. The summed E-state index contributed by atoms with van der Waals surface area (Å²) in [6.45, 7) is 2.83. The van der Waals surface area contributed by atoms with Gasteiger partial charge in [-0.3, -0.25) is 19.9 Å². The maximum Gasteiger partial charge on any atom is 0.270 e. The number of amides is 1. The molecule has 29 heavy (non-hydrogen) atoms. The van der Waals surface area contributed by atoms with Crippen LogP contribution in [0.4, 0.5) is 15.8 Å². The van der Waals surface area contributed by atoms with Crippen LogP contribution in [0.3, 0.4) is 0 Å². The molecule has 1 N–H and O–H groups in total. The number of aryl methyl sites for hydroxylation is 1. The molecule has 1 aromatic heterocycles. The molecule has 148 valence electrons. The average molecular weight is 394 g/mol. The van der Waals surface area contributed by atoms with Crippen LogP contribution < -0.4 is 5.32 Å². The van der Waals surface area contributed by atoms with E-state index in [0.29, 0.717) is 36.1 Å². The lowest BCUT2D eigenvalue weighted by molar-refractivity contribution is -0.384. The van der Waals surface area contributed by atoms with E-state index >= 15 is 0 Å². The van der Waals surface area contributed by atoms with Gasteiger partial charge in [-0.2, -0.15) is 0 Å². The largest absolute Gasteiger partial charge is 0.373 e. The normalized spacial score (nSPS) is 16.4. The minimum Gasteiger partial charge on any atom is -0.373 e. The van der Waals surface area contributed by atoms with Crippen LogP contribution >= 0.6 is 0 Å². The number of carbonyl (C=O) groups excluding carboxylic acids is 1. The quantitative estimate of drug-likeness (QED) is 0.525. The van der Waals surface area contributed by atoms with E-state index in [1.165, 1.54) is 24.3 Å². The maximum absolute atomic E-state index is 13.1. The highest BCUT2D eigenvalue weighted by Gasteiger charge is 2.32. The van der Waals surface area contributed by atoms with Crippen molar-refractivity contribution in [1.29, 1.82) is 0 Å². The van der Waals surface area contributed by atoms with Crippen molar-refractivity contribution in [1.82, 2.24) is 9.88 Å². The summed E-state index contributed by atoms with van der Waals surface area (Å²) >= 11 is 0. The van der Waals surface area contributed by atoms with Gasteiger partial charge >= 0.3 is 0 Å². The third kappa shape index (κ3) is 3.87. The molecule has 1 aliphatic heterocycles. The fourth-order valence-electron chi connectivity index (χ4n) is 3.61. The molecule has 1 fully saturated rings. The number of nitrogens with zero attached hydrogens (tertiary/aromatic N) is 3. The van der Waals surface area contributed by atoms with Gasteiger partial charge in [0.05, 0.1) is 10.4 Å². The van der Waals surface area contributed by atoms with Crippen molar-refractivity contribution >= 4 is 28.2 Å². The van der Waals surface area contributed by atoms with Crippen LogP contribution in [0.2, 0.25) is 0 Å². The SMILES string of the molecule is Cc1cc(NC2CCN(Cc3ccc(F)cc3)C2=O)c2cc([N+](=O)[O-])ccc2n1. The van der Waals surface area contributed by atoms with E-state index in [2.05, 4.69) is 10.3 Å². The Morgan fingerprint density at radius 3 is 2.72 bits per heavy atom. The number of hydrogen-bond donors (Lipinski definition) is 1. The fraction of sp³-hybridized carbons (Fsp3) is 0.238. The van der Waals surface area contributed by atoms with Crippen molar-refractivity contribution in [2.24, 2.45) is 0 Å². The Kier molecular flexibility index (Phi) is 4.84. The summed E-state index contributed by atoms with van der Waals surface area (Å²) in [5, 5.41) is 15.0. The Labute approximate surface area is 166 Å². The summed E-state index contributed by atoms with van der Waals surface area (Å²) in [5.41, 5.74) is 2.87. The second kappa shape index (κ2) is 7.46. The predicted octanol–water partition coefficient (Wildman–Crippen LogP) is 3.80. The van der Waals surface area contributed by atoms with E-state index in [1.54, 1.807) is 29.2 Å². The molecule has 1 aliphatic rings. The molecule has 0 spiro atoms. The number of carbonyl (C=O) groups is 1. The molecule has 0 saturated carbocycles. The van der Waals surface area contributed by atoms with E-state index < -0.39 is 11.0 Å². The maximum atomic E-state index is 13.1. The third-order valence-corrected chi connectivity index (χ3v) is 5.05. The van der Waals surface area contributed by atoms with Gasteiger partial charge in [0.25, 0.3) is 5.69 Å². The second-order valence-corrected chi connectivity index (χ2v) is 7.14.